The number of likely N-dealkylation sites (tertiary alicyclic amines) is 1. The van der Waals surface area contributed by atoms with E-state index in [0.29, 0.717) is 11.5 Å². The topological polar surface area (TPSA) is 23.5 Å². The number of hydrogen-bond acceptors (Lipinski definition) is 2. The summed E-state index contributed by atoms with van der Waals surface area (Å²) < 4.78 is 0. The number of hydrogen-bond donors (Lipinski definition) is 1. The van der Waals surface area contributed by atoms with Crippen molar-refractivity contribution in [3.05, 3.63) is 0 Å². The maximum Gasteiger partial charge on any atom is 0.0555 e. The van der Waals surface area contributed by atoms with Gasteiger partial charge in [0.15, 0.2) is 0 Å². The molecule has 0 aromatic rings. The summed E-state index contributed by atoms with van der Waals surface area (Å²) >= 11 is 0. The number of aliphatic hydroxyl groups is 1. The second kappa shape index (κ2) is 5.05. The van der Waals surface area contributed by atoms with E-state index in [9.17, 15) is 5.11 Å². The summed E-state index contributed by atoms with van der Waals surface area (Å²) in [6.45, 7) is 7.21. The number of aliphatic hydroxyl groups excluding tert-OH is 1. The molecule has 2 atom stereocenters. The van der Waals surface area contributed by atoms with Gasteiger partial charge in [0.1, 0.15) is 0 Å². The van der Waals surface area contributed by atoms with E-state index in [2.05, 4.69) is 18.7 Å². The second-order valence-electron chi connectivity index (χ2n) is 5.90. The van der Waals surface area contributed by atoms with E-state index in [4.69, 9.17) is 0 Å². The molecule has 0 spiro atoms. The van der Waals surface area contributed by atoms with Gasteiger partial charge in [-0.25, -0.2) is 0 Å². The average molecular weight is 225 g/mol. The van der Waals surface area contributed by atoms with Crippen molar-refractivity contribution in [2.45, 2.75) is 70.9 Å². The van der Waals surface area contributed by atoms with Gasteiger partial charge >= 0.3 is 0 Å². The Morgan fingerprint density at radius 1 is 1.25 bits per heavy atom. The fraction of sp³-hybridized carbons (Fsp3) is 1.00. The van der Waals surface area contributed by atoms with Crippen LogP contribution in [0.1, 0.15) is 58.8 Å². The molecule has 94 valence electrons. The van der Waals surface area contributed by atoms with Crippen molar-refractivity contribution in [1.29, 1.82) is 0 Å². The normalized spacial score (nSPS) is 35.4. The van der Waals surface area contributed by atoms with Crippen molar-refractivity contribution >= 4 is 0 Å². The van der Waals surface area contributed by atoms with Crippen molar-refractivity contribution in [3.63, 3.8) is 0 Å². The van der Waals surface area contributed by atoms with Crippen LogP contribution in [0.2, 0.25) is 0 Å². The molecule has 1 saturated heterocycles. The summed E-state index contributed by atoms with van der Waals surface area (Å²) in [5, 5.41) is 9.76. The molecule has 1 aliphatic heterocycles. The fourth-order valence-electron chi connectivity index (χ4n) is 3.58. The molecule has 2 heteroatoms. The summed E-state index contributed by atoms with van der Waals surface area (Å²) in [6, 6.07) is 0.670. The van der Waals surface area contributed by atoms with Crippen molar-refractivity contribution < 1.29 is 5.11 Å². The molecule has 0 radical (unpaired) electrons. The van der Waals surface area contributed by atoms with Crippen LogP contribution in [0.3, 0.4) is 0 Å². The first-order valence-electron chi connectivity index (χ1n) is 7.11. The predicted octanol–water partition coefficient (Wildman–Crippen LogP) is 2.80. The van der Waals surface area contributed by atoms with E-state index < -0.39 is 0 Å². The molecule has 16 heavy (non-hydrogen) atoms. The van der Waals surface area contributed by atoms with Crippen molar-refractivity contribution in [3.8, 4) is 0 Å². The van der Waals surface area contributed by atoms with Gasteiger partial charge in [-0.15, -0.1) is 0 Å². The third-order valence-corrected chi connectivity index (χ3v) is 5.10. The van der Waals surface area contributed by atoms with Gasteiger partial charge in [-0.05, 0) is 56.9 Å². The highest BCUT2D eigenvalue weighted by molar-refractivity contribution is 4.92. The predicted molar refractivity (Wildman–Crippen MR) is 67.5 cm³/mol. The molecule has 2 fully saturated rings. The highest BCUT2D eigenvalue weighted by Gasteiger charge is 2.38. The number of rotatable bonds is 3. The Morgan fingerprint density at radius 2 is 2.00 bits per heavy atom. The zero-order valence-electron chi connectivity index (χ0n) is 10.9. The lowest BCUT2D eigenvalue weighted by Gasteiger charge is -2.35. The molecule has 0 aromatic carbocycles. The van der Waals surface area contributed by atoms with Gasteiger partial charge in [0.25, 0.3) is 0 Å². The molecule has 2 rings (SSSR count). The summed E-state index contributed by atoms with van der Waals surface area (Å²) in [7, 11) is 0. The highest BCUT2D eigenvalue weighted by atomic mass is 16.3. The third-order valence-electron chi connectivity index (χ3n) is 5.10. The molecular weight excluding hydrogens is 198 g/mol. The Morgan fingerprint density at radius 3 is 2.56 bits per heavy atom. The molecule has 0 bridgehead atoms. The molecule has 1 saturated carbocycles. The summed E-state index contributed by atoms with van der Waals surface area (Å²) in [5.41, 5.74) is 0.586. The summed E-state index contributed by atoms with van der Waals surface area (Å²) in [6.07, 6.45) is 8.53. The Kier molecular flexibility index (Phi) is 3.91. The lowest BCUT2D eigenvalue weighted by molar-refractivity contribution is 0.0659. The maximum absolute atomic E-state index is 9.76. The van der Waals surface area contributed by atoms with Crippen LogP contribution in [0, 0.1) is 5.41 Å². The fourth-order valence-corrected chi connectivity index (χ4v) is 3.58. The van der Waals surface area contributed by atoms with E-state index >= 15 is 0 Å². The minimum atomic E-state index is -0.0306. The van der Waals surface area contributed by atoms with Crippen LogP contribution >= 0.6 is 0 Å². The Balaban J connectivity index is 1.92. The van der Waals surface area contributed by atoms with Crippen molar-refractivity contribution in [1.82, 2.24) is 4.90 Å². The van der Waals surface area contributed by atoms with Gasteiger partial charge in [0.2, 0.25) is 0 Å². The molecule has 0 amide bonds. The minimum Gasteiger partial charge on any atom is -0.393 e. The maximum atomic E-state index is 9.76. The van der Waals surface area contributed by atoms with E-state index in [1.165, 1.54) is 45.2 Å². The van der Waals surface area contributed by atoms with E-state index in [1.54, 1.807) is 0 Å². The Hall–Kier alpha value is -0.0800. The molecule has 0 aromatic heterocycles. The first-order valence-corrected chi connectivity index (χ1v) is 7.11. The van der Waals surface area contributed by atoms with Gasteiger partial charge in [-0.2, -0.15) is 0 Å². The van der Waals surface area contributed by atoms with Crippen LogP contribution in [0.25, 0.3) is 0 Å². The van der Waals surface area contributed by atoms with Crippen LogP contribution in [0.4, 0.5) is 0 Å². The Labute approximate surface area is 100 Å². The monoisotopic (exact) mass is 225 g/mol. The first-order chi connectivity index (χ1) is 7.69. The van der Waals surface area contributed by atoms with Crippen LogP contribution in [-0.2, 0) is 0 Å². The first kappa shape index (κ1) is 12.4. The van der Waals surface area contributed by atoms with Gasteiger partial charge in [0.05, 0.1) is 6.10 Å². The van der Waals surface area contributed by atoms with Crippen LogP contribution < -0.4 is 0 Å². The largest absolute Gasteiger partial charge is 0.393 e. The summed E-state index contributed by atoms with van der Waals surface area (Å²) in [4.78, 5) is 2.66. The molecule has 1 heterocycles. The van der Waals surface area contributed by atoms with Gasteiger partial charge < -0.3 is 5.11 Å². The molecule has 2 aliphatic rings. The Bertz CT molecular complexity index is 225. The van der Waals surface area contributed by atoms with Gasteiger partial charge in [-0.1, -0.05) is 13.8 Å². The van der Waals surface area contributed by atoms with Crippen LogP contribution in [0.15, 0.2) is 0 Å². The lowest BCUT2D eigenvalue weighted by Crippen LogP contribution is -2.40. The van der Waals surface area contributed by atoms with Crippen LogP contribution in [0.5, 0.6) is 0 Å². The van der Waals surface area contributed by atoms with Gasteiger partial charge in [-0.3, -0.25) is 4.90 Å². The van der Waals surface area contributed by atoms with E-state index in [0.717, 1.165) is 12.8 Å². The van der Waals surface area contributed by atoms with E-state index in [1.807, 2.05) is 0 Å². The van der Waals surface area contributed by atoms with Crippen LogP contribution in [-0.4, -0.2) is 35.2 Å². The zero-order valence-corrected chi connectivity index (χ0v) is 10.9. The molecule has 2 nitrogen and oxygen atoms in total. The average Bonchev–Trinajstić information content (AvgIpc) is 2.74. The standard InChI is InChI=1S/C14H27NO/c1-3-14(4-2)8-9-15(11-14)12-6-5-7-13(16)10-12/h12-13,16H,3-11H2,1-2H3. The number of nitrogens with zero attached hydrogens (tertiary/aromatic N) is 1. The molecule has 1 aliphatic carbocycles. The molecule has 1 N–H and O–H groups in total. The summed E-state index contributed by atoms with van der Waals surface area (Å²) in [5.74, 6) is 0. The van der Waals surface area contributed by atoms with Crippen molar-refractivity contribution in [2.75, 3.05) is 13.1 Å². The minimum absolute atomic E-state index is 0.0306. The van der Waals surface area contributed by atoms with Gasteiger partial charge in [0, 0.05) is 12.6 Å². The van der Waals surface area contributed by atoms with E-state index in [-0.39, 0.29) is 6.10 Å². The highest BCUT2D eigenvalue weighted by Crippen LogP contribution is 2.39. The quantitative estimate of drug-likeness (QED) is 0.798. The lowest BCUT2D eigenvalue weighted by atomic mass is 9.81. The third kappa shape index (κ3) is 2.43. The SMILES string of the molecule is CCC1(CC)CCN(C2CCCC(O)C2)C1. The van der Waals surface area contributed by atoms with Crippen molar-refractivity contribution in [2.24, 2.45) is 5.41 Å². The smallest absolute Gasteiger partial charge is 0.0555 e. The molecular formula is C14H27NO. The molecule has 2 unspecified atom stereocenters. The zero-order chi connectivity index (χ0) is 11.6. The second-order valence-corrected chi connectivity index (χ2v) is 5.90.